The quantitative estimate of drug-likeness (QED) is 0.725. The largest absolute Gasteiger partial charge is 0.337 e. The topological polar surface area (TPSA) is 20.3 Å². The Kier molecular flexibility index (Phi) is 4.01. The lowest BCUT2D eigenvalue weighted by molar-refractivity contribution is 0.0735. The van der Waals surface area contributed by atoms with Crippen LogP contribution in [0, 0.1) is 0 Å². The molecule has 0 aliphatic carbocycles. The number of carbonyl (C=O) groups excluding carboxylic acids is 1. The van der Waals surface area contributed by atoms with Gasteiger partial charge >= 0.3 is 0 Å². The van der Waals surface area contributed by atoms with Crippen molar-refractivity contribution in [3.63, 3.8) is 0 Å². The van der Waals surface area contributed by atoms with Gasteiger partial charge in [-0.3, -0.25) is 4.79 Å². The summed E-state index contributed by atoms with van der Waals surface area (Å²) in [6.45, 7) is 1.77. The van der Waals surface area contributed by atoms with Gasteiger partial charge in [-0.25, -0.2) is 0 Å². The van der Waals surface area contributed by atoms with E-state index in [1.807, 2.05) is 16.7 Å². The van der Waals surface area contributed by atoms with Crippen molar-refractivity contribution in [3.8, 4) is 0 Å². The van der Waals surface area contributed by atoms with Crippen LogP contribution in [-0.4, -0.2) is 34.5 Å². The molecule has 0 N–H and O–H groups in total. The number of aryl methyl sites for hydroxylation is 1. The summed E-state index contributed by atoms with van der Waals surface area (Å²) >= 11 is 7.32. The molecule has 2 nitrogen and oxygen atoms in total. The zero-order valence-corrected chi connectivity index (χ0v) is 13.4. The highest BCUT2D eigenvalue weighted by atomic mass is 79.9. The van der Waals surface area contributed by atoms with E-state index in [1.165, 1.54) is 22.6 Å². The minimum absolute atomic E-state index is 0.239. The van der Waals surface area contributed by atoms with Crippen molar-refractivity contribution in [2.45, 2.75) is 29.8 Å². The number of hydrogen-bond donors (Lipinski definition) is 0. The zero-order valence-electron chi connectivity index (χ0n) is 10.2. The van der Waals surface area contributed by atoms with Crippen LogP contribution in [0.5, 0.6) is 0 Å². The molecule has 0 radical (unpaired) electrons. The summed E-state index contributed by atoms with van der Waals surface area (Å²) in [6, 6.07) is 2.13. The fourth-order valence-corrected chi connectivity index (χ4v) is 5.53. The van der Waals surface area contributed by atoms with Crippen molar-refractivity contribution in [2.75, 3.05) is 18.8 Å². The Morgan fingerprint density at radius 1 is 1.50 bits per heavy atom. The average molecular weight is 346 g/mol. The van der Waals surface area contributed by atoms with Gasteiger partial charge in [0, 0.05) is 28.5 Å². The predicted octanol–water partition coefficient (Wildman–Crippen LogP) is 3.54. The molecule has 2 aliphatic heterocycles. The fourth-order valence-electron chi connectivity index (χ4n) is 2.52. The van der Waals surface area contributed by atoms with Gasteiger partial charge in [0.05, 0.1) is 4.88 Å². The van der Waals surface area contributed by atoms with Crippen LogP contribution in [-0.2, 0) is 12.2 Å². The van der Waals surface area contributed by atoms with E-state index in [4.69, 9.17) is 0 Å². The highest BCUT2D eigenvalue weighted by molar-refractivity contribution is 9.09. The smallest absolute Gasteiger partial charge is 0.263 e. The third-order valence-electron chi connectivity index (χ3n) is 3.49. The van der Waals surface area contributed by atoms with Crippen LogP contribution in [0.4, 0.5) is 0 Å². The molecule has 1 aromatic heterocycles. The zero-order chi connectivity index (χ0) is 12.5. The average Bonchev–Trinajstić information content (AvgIpc) is 2.81. The van der Waals surface area contributed by atoms with E-state index in [1.54, 1.807) is 11.3 Å². The van der Waals surface area contributed by atoms with Crippen molar-refractivity contribution < 1.29 is 4.79 Å². The van der Waals surface area contributed by atoms with Gasteiger partial charge in [-0.05, 0) is 36.6 Å². The van der Waals surface area contributed by atoms with Gasteiger partial charge in [-0.1, -0.05) is 15.9 Å². The minimum atomic E-state index is 0.239. The highest BCUT2D eigenvalue weighted by Gasteiger charge is 2.25. The molecule has 18 heavy (non-hydrogen) atoms. The van der Waals surface area contributed by atoms with Gasteiger partial charge in [-0.2, -0.15) is 11.8 Å². The van der Waals surface area contributed by atoms with Gasteiger partial charge in [0.15, 0.2) is 0 Å². The van der Waals surface area contributed by atoms with Gasteiger partial charge < -0.3 is 4.90 Å². The lowest BCUT2D eigenvalue weighted by Crippen LogP contribution is -2.39. The summed E-state index contributed by atoms with van der Waals surface area (Å²) in [6.07, 6.45) is 3.43. The Bertz CT molecular complexity index is 436. The molecule has 3 rings (SSSR count). The molecule has 1 unspecified atom stereocenters. The monoisotopic (exact) mass is 345 g/mol. The molecule has 2 aliphatic rings. The maximum Gasteiger partial charge on any atom is 0.263 e. The van der Waals surface area contributed by atoms with Crippen molar-refractivity contribution >= 4 is 44.9 Å². The summed E-state index contributed by atoms with van der Waals surface area (Å²) in [5.74, 6) is 2.53. The Morgan fingerprint density at radius 2 is 2.39 bits per heavy atom. The van der Waals surface area contributed by atoms with Gasteiger partial charge in [-0.15, -0.1) is 11.3 Å². The van der Waals surface area contributed by atoms with Gasteiger partial charge in [0.2, 0.25) is 0 Å². The van der Waals surface area contributed by atoms with Crippen molar-refractivity contribution in [1.82, 2.24) is 4.90 Å². The number of alkyl halides is 1. The van der Waals surface area contributed by atoms with Crippen LogP contribution in [0.1, 0.15) is 33.0 Å². The first-order valence-corrected chi connectivity index (χ1v) is 9.25. The molecule has 0 bridgehead atoms. The maximum atomic E-state index is 12.5. The lowest BCUT2D eigenvalue weighted by Gasteiger charge is -2.29. The Hall–Kier alpha value is -0.000000000000000167. The third-order valence-corrected chi connectivity index (χ3v) is 6.47. The number of hydrogen-bond acceptors (Lipinski definition) is 3. The Morgan fingerprint density at radius 3 is 3.17 bits per heavy atom. The molecule has 0 aromatic carbocycles. The van der Waals surface area contributed by atoms with Crippen LogP contribution < -0.4 is 0 Å². The summed E-state index contributed by atoms with van der Waals surface area (Å²) in [5, 5.41) is 0. The molecule has 3 heterocycles. The van der Waals surface area contributed by atoms with E-state index in [0.29, 0.717) is 4.83 Å². The van der Waals surface area contributed by atoms with Crippen LogP contribution >= 0.6 is 39.0 Å². The number of piperidine rings is 1. The van der Waals surface area contributed by atoms with Crippen molar-refractivity contribution in [3.05, 3.63) is 21.4 Å². The second-order valence-electron chi connectivity index (χ2n) is 4.85. The van der Waals surface area contributed by atoms with E-state index in [0.717, 1.165) is 36.6 Å². The standard InChI is InChI=1S/C13H16BrNOS2/c14-10-2-1-4-15(7-10)13(16)12-6-9-8-17-5-3-11(9)18-12/h6,10H,1-5,7-8H2. The number of thiophene rings is 1. The second kappa shape index (κ2) is 5.55. The molecular weight excluding hydrogens is 330 g/mol. The number of amides is 1. The molecule has 1 fully saturated rings. The van der Waals surface area contributed by atoms with E-state index in [9.17, 15) is 4.79 Å². The van der Waals surface area contributed by atoms with Crippen LogP contribution in [0.2, 0.25) is 0 Å². The summed E-state index contributed by atoms with van der Waals surface area (Å²) in [4.78, 5) is 17.3. The molecular formula is C13H16BrNOS2. The number of carbonyl (C=O) groups is 1. The highest BCUT2D eigenvalue weighted by Crippen LogP contribution is 2.32. The van der Waals surface area contributed by atoms with Crippen molar-refractivity contribution in [2.24, 2.45) is 0 Å². The van der Waals surface area contributed by atoms with E-state index in [-0.39, 0.29) is 5.91 Å². The van der Waals surface area contributed by atoms with Crippen molar-refractivity contribution in [1.29, 1.82) is 0 Å². The fraction of sp³-hybridized carbons (Fsp3) is 0.615. The van der Waals surface area contributed by atoms with Crippen LogP contribution in [0.15, 0.2) is 6.07 Å². The summed E-state index contributed by atoms with van der Waals surface area (Å²) in [5.41, 5.74) is 1.40. The van der Waals surface area contributed by atoms with Crippen LogP contribution in [0.3, 0.4) is 0 Å². The third kappa shape index (κ3) is 2.63. The molecule has 0 spiro atoms. The molecule has 98 valence electrons. The molecule has 1 atom stereocenters. The molecule has 1 amide bonds. The number of nitrogens with zero attached hydrogens (tertiary/aromatic N) is 1. The second-order valence-corrected chi connectivity index (χ2v) is 8.39. The maximum absolute atomic E-state index is 12.5. The Labute approximate surface area is 124 Å². The summed E-state index contributed by atoms with van der Waals surface area (Å²) < 4.78 is 0. The predicted molar refractivity (Wildman–Crippen MR) is 82.0 cm³/mol. The van der Waals surface area contributed by atoms with E-state index in [2.05, 4.69) is 22.0 Å². The Balaban J connectivity index is 1.77. The molecule has 1 saturated heterocycles. The van der Waals surface area contributed by atoms with E-state index >= 15 is 0 Å². The molecule has 1 aromatic rings. The first-order chi connectivity index (χ1) is 8.74. The summed E-state index contributed by atoms with van der Waals surface area (Å²) in [7, 11) is 0. The normalized spacial score (nSPS) is 23.8. The van der Waals surface area contributed by atoms with E-state index < -0.39 is 0 Å². The molecule has 5 heteroatoms. The number of thioether (sulfide) groups is 1. The van der Waals surface area contributed by atoms with Gasteiger partial charge in [0.25, 0.3) is 5.91 Å². The number of rotatable bonds is 1. The first-order valence-electron chi connectivity index (χ1n) is 6.36. The molecule has 0 saturated carbocycles. The first kappa shape index (κ1) is 13.0. The lowest BCUT2D eigenvalue weighted by atomic mass is 10.1. The van der Waals surface area contributed by atoms with Crippen LogP contribution in [0.25, 0.3) is 0 Å². The minimum Gasteiger partial charge on any atom is -0.337 e. The number of fused-ring (bicyclic) bond motifs is 1. The van der Waals surface area contributed by atoms with Gasteiger partial charge in [0.1, 0.15) is 0 Å². The number of likely N-dealkylation sites (tertiary alicyclic amines) is 1. The number of halogens is 1. The SMILES string of the molecule is O=C(c1cc2c(s1)CCSC2)N1CCCC(Br)C1.